The summed E-state index contributed by atoms with van der Waals surface area (Å²) in [4.78, 5) is 42.7. The number of hydrogen-bond acceptors (Lipinski definition) is 5. The van der Waals surface area contributed by atoms with Crippen molar-refractivity contribution in [1.82, 2.24) is 9.80 Å². The third kappa shape index (κ3) is 3.75. The minimum absolute atomic E-state index is 0.132. The van der Waals surface area contributed by atoms with Gasteiger partial charge in [-0.05, 0) is 30.7 Å². The maximum atomic E-state index is 12.8. The Kier molecular flexibility index (Phi) is 5.44. The number of benzene rings is 2. The van der Waals surface area contributed by atoms with E-state index in [1.807, 2.05) is 24.3 Å². The fraction of sp³-hybridized carbons (Fsp3) is 0.348. The monoisotopic (exact) mass is 407 g/mol. The summed E-state index contributed by atoms with van der Waals surface area (Å²) in [5, 5.41) is 0. The molecule has 0 bridgehead atoms. The molecule has 0 fully saturated rings. The molecule has 2 aliphatic heterocycles. The highest BCUT2D eigenvalue weighted by Gasteiger charge is 2.33. The second-order valence-corrected chi connectivity index (χ2v) is 7.64. The standard InChI is InChI=1S/C23H25N3O4/c1-3-25-14-17(30-20-11-7-6-10-19(20)25)13-24(2)22(28)15-26-21(27)12-16-8-4-5-9-18(16)23(26)29/h4-11,17H,3,12-15H2,1-2H3/t17-/m0/s1. The average Bonchev–Trinajstić information content (AvgIpc) is 2.75. The van der Waals surface area contributed by atoms with Crippen LogP contribution in [0.5, 0.6) is 5.75 Å². The normalized spacial score (nSPS) is 17.9. The second kappa shape index (κ2) is 8.18. The highest BCUT2D eigenvalue weighted by Crippen LogP contribution is 2.32. The van der Waals surface area contributed by atoms with Gasteiger partial charge in [-0.25, -0.2) is 0 Å². The first-order valence-corrected chi connectivity index (χ1v) is 10.1. The number of fused-ring (bicyclic) bond motifs is 2. The van der Waals surface area contributed by atoms with Crippen LogP contribution >= 0.6 is 0 Å². The number of anilines is 1. The number of carbonyl (C=O) groups is 3. The quantitative estimate of drug-likeness (QED) is 0.709. The predicted molar refractivity (Wildman–Crippen MR) is 113 cm³/mol. The minimum atomic E-state index is -0.413. The van der Waals surface area contributed by atoms with Crippen LogP contribution in [0, 0.1) is 0 Å². The lowest BCUT2D eigenvalue weighted by Crippen LogP contribution is -2.51. The van der Waals surface area contributed by atoms with E-state index in [2.05, 4.69) is 11.8 Å². The summed E-state index contributed by atoms with van der Waals surface area (Å²) in [6.45, 7) is 3.70. The highest BCUT2D eigenvalue weighted by atomic mass is 16.5. The van der Waals surface area contributed by atoms with E-state index in [1.54, 1.807) is 31.3 Å². The number of likely N-dealkylation sites (N-methyl/N-ethyl adjacent to an activating group) is 2. The van der Waals surface area contributed by atoms with Crippen LogP contribution in [0.15, 0.2) is 48.5 Å². The molecule has 2 aliphatic rings. The van der Waals surface area contributed by atoms with Gasteiger partial charge < -0.3 is 14.5 Å². The first-order valence-electron chi connectivity index (χ1n) is 10.1. The molecule has 0 aromatic heterocycles. The number of hydrogen-bond donors (Lipinski definition) is 0. The van der Waals surface area contributed by atoms with Crippen LogP contribution in [0.4, 0.5) is 5.69 Å². The van der Waals surface area contributed by atoms with Crippen LogP contribution in [-0.4, -0.2) is 66.9 Å². The van der Waals surface area contributed by atoms with Gasteiger partial charge in [0, 0.05) is 19.2 Å². The molecule has 0 N–H and O–H groups in total. The fourth-order valence-corrected chi connectivity index (χ4v) is 4.00. The molecule has 30 heavy (non-hydrogen) atoms. The van der Waals surface area contributed by atoms with E-state index in [9.17, 15) is 14.4 Å². The van der Waals surface area contributed by atoms with Gasteiger partial charge in [0.25, 0.3) is 5.91 Å². The van der Waals surface area contributed by atoms with Crippen molar-refractivity contribution in [3.05, 3.63) is 59.7 Å². The third-order valence-corrected chi connectivity index (χ3v) is 5.64. The predicted octanol–water partition coefficient (Wildman–Crippen LogP) is 1.96. The molecule has 0 radical (unpaired) electrons. The van der Waals surface area contributed by atoms with Crippen LogP contribution in [-0.2, 0) is 16.0 Å². The van der Waals surface area contributed by atoms with Gasteiger partial charge in [-0.15, -0.1) is 0 Å². The Bertz CT molecular complexity index is 990. The maximum Gasteiger partial charge on any atom is 0.261 e. The molecule has 0 spiro atoms. The Balaban J connectivity index is 1.41. The van der Waals surface area contributed by atoms with Crippen LogP contribution in [0.25, 0.3) is 0 Å². The molecule has 2 heterocycles. The van der Waals surface area contributed by atoms with Crippen molar-refractivity contribution in [2.24, 2.45) is 0 Å². The van der Waals surface area contributed by atoms with E-state index < -0.39 is 5.91 Å². The van der Waals surface area contributed by atoms with Gasteiger partial charge in [-0.2, -0.15) is 0 Å². The Labute approximate surface area is 175 Å². The van der Waals surface area contributed by atoms with E-state index in [0.717, 1.165) is 22.9 Å². The summed E-state index contributed by atoms with van der Waals surface area (Å²) in [7, 11) is 1.68. The Morgan fingerprint density at radius 1 is 1.13 bits per heavy atom. The molecular formula is C23H25N3O4. The van der Waals surface area contributed by atoms with Crippen molar-refractivity contribution in [3.63, 3.8) is 0 Å². The van der Waals surface area contributed by atoms with Gasteiger partial charge in [0.15, 0.2) is 0 Å². The van der Waals surface area contributed by atoms with Crippen molar-refractivity contribution < 1.29 is 19.1 Å². The van der Waals surface area contributed by atoms with Crippen molar-refractivity contribution in [1.29, 1.82) is 0 Å². The summed E-state index contributed by atoms with van der Waals surface area (Å²) in [6, 6.07) is 14.9. The molecule has 156 valence electrons. The SMILES string of the molecule is CCN1C[C@H](CN(C)C(=O)CN2C(=O)Cc3ccccc3C2=O)Oc2ccccc21. The van der Waals surface area contributed by atoms with Gasteiger partial charge in [0.05, 0.1) is 25.2 Å². The van der Waals surface area contributed by atoms with Crippen molar-refractivity contribution >= 4 is 23.4 Å². The molecule has 2 aromatic carbocycles. The summed E-state index contributed by atoms with van der Waals surface area (Å²) in [5.41, 5.74) is 2.24. The molecule has 2 aromatic rings. The fourth-order valence-electron chi connectivity index (χ4n) is 4.00. The molecule has 0 saturated heterocycles. The van der Waals surface area contributed by atoms with Crippen molar-refractivity contribution in [2.75, 3.05) is 38.1 Å². The molecular weight excluding hydrogens is 382 g/mol. The van der Waals surface area contributed by atoms with E-state index in [0.29, 0.717) is 24.2 Å². The molecule has 0 unspecified atom stereocenters. The van der Waals surface area contributed by atoms with Gasteiger partial charge in [0.1, 0.15) is 18.4 Å². The summed E-state index contributed by atoms with van der Waals surface area (Å²) >= 11 is 0. The minimum Gasteiger partial charge on any atom is -0.485 e. The molecule has 4 rings (SSSR count). The molecule has 0 saturated carbocycles. The zero-order valence-electron chi connectivity index (χ0n) is 17.2. The number of nitrogens with zero attached hydrogens (tertiary/aromatic N) is 3. The van der Waals surface area contributed by atoms with Crippen molar-refractivity contribution in [2.45, 2.75) is 19.4 Å². The highest BCUT2D eigenvalue weighted by molar-refractivity contribution is 6.11. The zero-order chi connectivity index (χ0) is 21.3. The summed E-state index contributed by atoms with van der Waals surface area (Å²) < 4.78 is 6.08. The van der Waals surface area contributed by atoms with Crippen molar-refractivity contribution in [3.8, 4) is 5.75 Å². The van der Waals surface area contributed by atoms with E-state index in [4.69, 9.17) is 4.74 Å². The molecule has 7 heteroatoms. The number of para-hydroxylation sites is 2. The van der Waals surface area contributed by atoms with E-state index >= 15 is 0 Å². The summed E-state index contributed by atoms with van der Waals surface area (Å²) in [5.74, 6) is -0.250. The second-order valence-electron chi connectivity index (χ2n) is 7.64. The Hall–Kier alpha value is -3.35. The number of amides is 3. The van der Waals surface area contributed by atoms with Gasteiger partial charge in [-0.1, -0.05) is 30.3 Å². The lowest BCUT2D eigenvalue weighted by Gasteiger charge is -2.37. The molecule has 3 amide bonds. The summed E-state index contributed by atoms with van der Waals surface area (Å²) in [6.07, 6.45) is -0.0605. The zero-order valence-corrected chi connectivity index (χ0v) is 17.2. The maximum absolute atomic E-state index is 12.8. The lowest BCUT2D eigenvalue weighted by atomic mass is 9.98. The Morgan fingerprint density at radius 2 is 1.87 bits per heavy atom. The van der Waals surface area contributed by atoms with Crippen LogP contribution in [0.3, 0.4) is 0 Å². The van der Waals surface area contributed by atoms with E-state index in [1.165, 1.54) is 4.90 Å². The first kappa shape index (κ1) is 19.9. The van der Waals surface area contributed by atoms with Crippen LogP contribution in [0.1, 0.15) is 22.8 Å². The number of carbonyl (C=O) groups excluding carboxylic acids is 3. The van der Waals surface area contributed by atoms with Gasteiger partial charge in [0.2, 0.25) is 11.8 Å². The largest absolute Gasteiger partial charge is 0.485 e. The van der Waals surface area contributed by atoms with E-state index in [-0.39, 0.29) is 30.9 Å². The molecule has 7 nitrogen and oxygen atoms in total. The average molecular weight is 407 g/mol. The topological polar surface area (TPSA) is 70.2 Å². The van der Waals surface area contributed by atoms with Crippen LogP contribution < -0.4 is 9.64 Å². The van der Waals surface area contributed by atoms with Gasteiger partial charge in [-0.3, -0.25) is 19.3 Å². The molecule has 1 atom stereocenters. The lowest BCUT2D eigenvalue weighted by molar-refractivity contribution is -0.138. The third-order valence-electron chi connectivity index (χ3n) is 5.64. The molecule has 0 aliphatic carbocycles. The van der Waals surface area contributed by atoms with Crippen LogP contribution in [0.2, 0.25) is 0 Å². The number of rotatable bonds is 5. The number of ether oxygens (including phenoxy) is 1. The smallest absolute Gasteiger partial charge is 0.261 e. The first-order chi connectivity index (χ1) is 14.5. The van der Waals surface area contributed by atoms with Gasteiger partial charge >= 0.3 is 0 Å². The Morgan fingerprint density at radius 3 is 2.67 bits per heavy atom. The number of imide groups is 1.